The number of alkyl halides is 3. The zero-order valence-corrected chi connectivity index (χ0v) is 50.8. The maximum atomic E-state index is 15.6. The summed E-state index contributed by atoms with van der Waals surface area (Å²) in [5.41, 5.74) is -0.237. The molecule has 5 aromatic rings. The number of piperazine rings is 2. The summed E-state index contributed by atoms with van der Waals surface area (Å²) in [5.74, 6) is -3.05. The minimum absolute atomic E-state index is 0.0357. The van der Waals surface area contributed by atoms with Gasteiger partial charge in [-0.2, -0.15) is 13.2 Å². The Balaban J connectivity index is 0.730. The molecule has 2 bridgehead atoms. The number of thioether (sulfide) groups is 1. The number of halogens is 5. The first-order valence-corrected chi connectivity index (χ1v) is 33.2. The molecule has 0 saturated carbocycles. The number of piperidine rings is 1. The van der Waals surface area contributed by atoms with Gasteiger partial charge in [-0.3, -0.25) is 39.2 Å². The van der Waals surface area contributed by atoms with Gasteiger partial charge < -0.3 is 15.1 Å². The van der Waals surface area contributed by atoms with Crippen LogP contribution in [0.4, 0.5) is 28.9 Å². The predicted octanol–water partition coefficient (Wildman–Crippen LogP) is 9.36. The van der Waals surface area contributed by atoms with Crippen LogP contribution in [-0.4, -0.2) is 148 Å². The van der Waals surface area contributed by atoms with E-state index < -0.39 is 82.4 Å². The average molecular weight is 1260 g/mol. The fraction of sp³-hybridized carbons (Fsp3) is 0.419. The van der Waals surface area contributed by atoms with Gasteiger partial charge in [0, 0.05) is 117 Å². The van der Waals surface area contributed by atoms with Crippen LogP contribution < -0.4 is 20.3 Å². The zero-order valence-electron chi connectivity index (χ0n) is 47.5. The monoisotopic (exact) mass is 1260 g/mol. The van der Waals surface area contributed by atoms with Crippen molar-refractivity contribution < 1.29 is 53.6 Å². The van der Waals surface area contributed by atoms with Gasteiger partial charge in [-0.15, -0.1) is 11.8 Å². The summed E-state index contributed by atoms with van der Waals surface area (Å²) in [6, 6.07) is 27.8. The first-order chi connectivity index (χ1) is 40.9. The van der Waals surface area contributed by atoms with Crippen LogP contribution in [0.5, 0.6) is 0 Å². The van der Waals surface area contributed by atoms with Crippen LogP contribution in [0.2, 0.25) is 5.02 Å². The molecule has 5 heterocycles. The third-order valence-electron chi connectivity index (χ3n) is 17.5. The molecule has 0 spiro atoms. The molecule has 6 aliphatic rings. The van der Waals surface area contributed by atoms with Crippen LogP contribution >= 0.6 is 23.4 Å². The number of amides is 4. The number of imide groups is 1. The summed E-state index contributed by atoms with van der Waals surface area (Å²) >= 11 is 7.62. The number of nitrogens with zero attached hydrogens (tertiary/aromatic N) is 5. The van der Waals surface area contributed by atoms with Crippen molar-refractivity contribution in [1.29, 1.82) is 0 Å². The Hall–Kier alpha value is -6.34. The maximum absolute atomic E-state index is 15.6. The van der Waals surface area contributed by atoms with Gasteiger partial charge in [-0.05, 0) is 139 Å². The van der Waals surface area contributed by atoms with E-state index in [4.69, 9.17) is 11.6 Å². The summed E-state index contributed by atoms with van der Waals surface area (Å²) in [4.78, 5) is 60.3. The topological polar surface area (TPSA) is 189 Å². The largest absolute Gasteiger partial charge is 0.501 e. The summed E-state index contributed by atoms with van der Waals surface area (Å²) in [6.45, 7) is 10.6. The van der Waals surface area contributed by atoms with Crippen molar-refractivity contribution in [2.24, 2.45) is 5.41 Å². The molecule has 16 nitrogen and oxygen atoms in total. The molecular weight excluding hydrogens is 1190 g/mol. The number of allylic oxidation sites excluding steroid dienone is 1. The number of rotatable bonds is 19. The smallest absolute Gasteiger partial charge is 0.380 e. The second kappa shape index (κ2) is 24.7. The number of benzene rings is 5. The van der Waals surface area contributed by atoms with E-state index in [1.54, 1.807) is 18.2 Å². The van der Waals surface area contributed by atoms with Crippen LogP contribution in [0.1, 0.15) is 96.2 Å². The molecule has 4 atom stereocenters. The van der Waals surface area contributed by atoms with E-state index in [1.165, 1.54) is 51.6 Å². The Labute approximate surface area is 507 Å². The number of anilines is 2. The van der Waals surface area contributed by atoms with Gasteiger partial charge in [0.15, 0.2) is 0 Å². The van der Waals surface area contributed by atoms with Gasteiger partial charge in [0.1, 0.15) is 16.8 Å². The minimum Gasteiger partial charge on any atom is -0.380 e. The van der Waals surface area contributed by atoms with Crippen LogP contribution in [0.3, 0.4) is 0 Å². The van der Waals surface area contributed by atoms with E-state index in [9.17, 15) is 49.2 Å². The van der Waals surface area contributed by atoms with E-state index in [0.29, 0.717) is 67.9 Å². The van der Waals surface area contributed by atoms with E-state index in [1.807, 2.05) is 47.2 Å². The Morgan fingerprint density at radius 3 is 2.24 bits per heavy atom. The molecule has 5 aromatic carbocycles. The number of sulfonamides is 1. The third kappa shape index (κ3) is 13.4. The van der Waals surface area contributed by atoms with E-state index in [2.05, 4.69) is 56.2 Å². The molecule has 24 heteroatoms. The highest BCUT2D eigenvalue weighted by Crippen LogP contribution is 2.44. The lowest BCUT2D eigenvalue weighted by Crippen LogP contribution is -2.52. The standard InChI is InChI=1S/C62H67ClF4N8O8S3/c1-61(2)22-20-51(40-8-12-44(63)13-9-40)43(32-61)34-71-24-26-72(27-25-71)46-14-10-41(11-15-46)58(77)70-86(82,83)50-16-17-53(55(31-50)85(80,81)62(65,66)67)68-45(38-84-49-6-4-3-5-7-49)21-23-73-36-48-30-47(73)37-74(48)33-39-28-42-35-75(60(79)57(42)52(64)29-39)54-18-19-56(76)69-59(54)78/h3-17,28-29,31,45,47-48,54,68H,18-27,30,32-38H2,1-2H3,(H,70,77)(H,69,76,78)/t45?,47-,48-,54?/m0/s1. The van der Waals surface area contributed by atoms with Crippen LogP contribution in [-0.2, 0) is 42.5 Å². The van der Waals surface area contributed by atoms with Crippen molar-refractivity contribution in [2.75, 3.05) is 68.3 Å². The molecule has 86 heavy (non-hydrogen) atoms. The predicted molar refractivity (Wildman–Crippen MR) is 321 cm³/mol. The molecule has 456 valence electrons. The molecule has 1 aliphatic carbocycles. The van der Waals surface area contributed by atoms with Gasteiger partial charge in [-0.1, -0.05) is 67.4 Å². The van der Waals surface area contributed by atoms with Crippen molar-refractivity contribution in [2.45, 2.75) is 116 Å². The number of nitrogens with one attached hydrogen (secondary N) is 3. The molecule has 11 rings (SSSR count). The highest BCUT2D eigenvalue weighted by molar-refractivity contribution is 7.99. The summed E-state index contributed by atoms with van der Waals surface area (Å²) in [5, 5.41) is 6.00. The maximum Gasteiger partial charge on any atom is 0.501 e. The Morgan fingerprint density at radius 2 is 1.56 bits per heavy atom. The molecular formula is C62H67ClF4N8O8S3. The molecule has 5 aliphatic heterocycles. The molecule has 0 radical (unpaired) electrons. The second-order valence-corrected chi connectivity index (χ2v) is 29.1. The molecule has 2 unspecified atom stereocenters. The number of carbonyl (C=O) groups is 4. The minimum atomic E-state index is -6.17. The average Bonchev–Trinajstić information content (AvgIpc) is 1.48. The van der Waals surface area contributed by atoms with E-state index in [-0.39, 0.29) is 53.8 Å². The summed E-state index contributed by atoms with van der Waals surface area (Å²) in [7, 11) is -11.1. The molecule has 3 N–H and O–H groups in total. The van der Waals surface area contributed by atoms with Crippen LogP contribution in [0.25, 0.3) is 5.57 Å². The highest BCUT2D eigenvalue weighted by Gasteiger charge is 2.49. The first kappa shape index (κ1) is 61.3. The number of hydrogen-bond donors (Lipinski definition) is 3. The molecule has 4 fully saturated rings. The van der Waals surface area contributed by atoms with Crippen molar-refractivity contribution in [3.05, 3.63) is 153 Å². The molecule has 4 amide bonds. The normalized spacial score (nSPS) is 21.7. The highest BCUT2D eigenvalue weighted by atomic mass is 35.5. The Bertz CT molecular complexity index is 3700. The lowest BCUT2D eigenvalue weighted by molar-refractivity contribution is -0.136. The number of likely N-dealkylation sites (tertiary alicyclic amines) is 2. The zero-order chi connectivity index (χ0) is 60.9. The number of fused-ring (bicyclic) bond motifs is 3. The van der Waals surface area contributed by atoms with Crippen molar-refractivity contribution in [1.82, 2.24) is 29.6 Å². The second-order valence-electron chi connectivity index (χ2n) is 24.0. The van der Waals surface area contributed by atoms with E-state index >= 15 is 4.39 Å². The summed E-state index contributed by atoms with van der Waals surface area (Å²) in [6.07, 6.45) is 4.46. The van der Waals surface area contributed by atoms with Gasteiger partial charge in [0.05, 0.1) is 16.1 Å². The first-order valence-electron chi connectivity index (χ1n) is 28.8. The van der Waals surface area contributed by atoms with Gasteiger partial charge in [0.2, 0.25) is 11.8 Å². The van der Waals surface area contributed by atoms with Gasteiger partial charge in [-0.25, -0.2) is 25.9 Å². The lowest BCUT2D eigenvalue weighted by atomic mass is 9.73. The number of sulfone groups is 1. The summed E-state index contributed by atoms with van der Waals surface area (Å²) < 4.78 is 116. The Morgan fingerprint density at radius 1 is 0.849 bits per heavy atom. The fourth-order valence-corrected chi connectivity index (χ4v) is 16.1. The molecule has 4 saturated heterocycles. The SMILES string of the molecule is CC1(C)CCC(c2ccc(Cl)cc2)=C(CN2CCN(c3ccc(C(=O)NS(=O)(=O)c4ccc(NC(CCN5C[C@@H]6C[C@H]5CN6Cc5cc(F)c6c(c5)CN(C5CCC(=O)NC5=O)C6=O)CSc5ccccc5)c(S(=O)(=O)C(F)(F)F)c4)cc3)CC2)C1. The molecule has 0 aromatic heterocycles. The quantitative estimate of drug-likeness (QED) is 0.0403. The lowest BCUT2D eigenvalue weighted by Gasteiger charge is -2.39. The van der Waals surface area contributed by atoms with Crippen molar-refractivity contribution in [3.8, 4) is 0 Å². The van der Waals surface area contributed by atoms with E-state index in [0.717, 1.165) is 68.0 Å². The van der Waals surface area contributed by atoms with Crippen LogP contribution in [0.15, 0.2) is 129 Å². The Kier molecular flexibility index (Phi) is 17.6. The number of hydrogen-bond acceptors (Lipinski definition) is 14. The number of carbonyl (C=O) groups excluding carboxylic acids is 4. The van der Waals surface area contributed by atoms with Gasteiger partial charge in [0.25, 0.3) is 31.7 Å². The third-order valence-corrected chi connectivity index (χ3v) is 21.8. The van der Waals surface area contributed by atoms with Gasteiger partial charge >= 0.3 is 5.51 Å². The van der Waals surface area contributed by atoms with Crippen molar-refractivity contribution >= 4 is 83.8 Å². The van der Waals surface area contributed by atoms with Crippen molar-refractivity contribution in [3.63, 3.8) is 0 Å². The fourth-order valence-electron chi connectivity index (χ4n) is 13.0. The van der Waals surface area contributed by atoms with Crippen LogP contribution in [0, 0.1) is 11.2 Å².